The Hall–Kier alpha value is -2.83. The Morgan fingerprint density at radius 2 is 1.88 bits per heavy atom. The van der Waals surface area contributed by atoms with E-state index < -0.39 is 0 Å². The van der Waals surface area contributed by atoms with Crippen LogP contribution in [-0.2, 0) is 4.79 Å². The highest BCUT2D eigenvalue weighted by Crippen LogP contribution is 2.31. The van der Waals surface area contributed by atoms with Gasteiger partial charge in [-0.1, -0.05) is 6.07 Å². The van der Waals surface area contributed by atoms with Crippen LogP contribution < -0.4 is 4.90 Å². The zero-order valence-corrected chi connectivity index (χ0v) is 14.8. The Kier molecular flexibility index (Phi) is 4.60. The summed E-state index contributed by atoms with van der Waals surface area (Å²) in [4.78, 5) is 28.1. The van der Waals surface area contributed by atoms with Crippen LogP contribution in [-0.4, -0.2) is 45.2 Å². The van der Waals surface area contributed by atoms with E-state index in [2.05, 4.69) is 25.0 Å². The molecule has 0 bridgehead atoms. The molecule has 1 saturated heterocycles. The molecule has 1 amide bonds. The van der Waals surface area contributed by atoms with Crippen molar-refractivity contribution in [1.29, 1.82) is 0 Å². The number of aromatic nitrogens is 3. The molecular weight excluding hydrogens is 328 g/mol. The van der Waals surface area contributed by atoms with Crippen LogP contribution in [0.2, 0.25) is 0 Å². The first-order valence-corrected chi connectivity index (χ1v) is 9.02. The van der Waals surface area contributed by atoms with Crippen molar-refractivity contribution in [2.75, 3.05) is 18.0 Å². The lowest BCUT2D eigenvalue weighted by atomic mass is 9.94. The van der Waals surface area contributed by atoms with Gasteiger partial charge < -0.3 is 4.90 Å². The second-order valence-corrected chi connectivity index (χ2v) is 6.78. The summed E-state index contributed by atoms with van der Waals surface area (Å²) in [6.45, 7) is 3.53. The molecule has 0 spiro atoms. The average molecular weight is 350 g/mol. The molecule has 2 aromatic heterocycles. The molecule has 7 nitrogen and oxygen atoms in total. The molecule has 26 heavy (non-hydrogen) atoms. The van der Waals surface area contributed by atoms with Gasteiger partial charge in [-0.05, 0) is 37.5 Å². The van der Waals surface area contributed by atoms with Crippen molar-refractivity contribution in [2.24, 2.45) is 11.0 Å². The van der Waals surface area contributed by atoms with E-state index >= 15 is 0 Å². The standard InChI is InChI=1S/C19H22N6O/c1-14-3-4-16(13-22-14)17-5-10-23-25(17)18(26)15-6-11-24(12-7-15)19-20-8-2-9-21-19/h2-4,8-10,13,15,17H,5-7,11-12H2,1H3. The molecule has 0 aliphatic carbocycles. The number of anilines is 1. The van der Waals surface area contributed by atoms with Gasteiger partial charge in [-0.15, -0.1) is 0 Å². The van der Waals surface area contributed by atoms with Gasteiger partial charge in [0.1, 0.15) is 0 Å². The highest BCUT2D eigenvalue weighted by atomic mass is 16.2. The predicted molar refractivity (Wildman–Crippen MR) is 98.6 cm³/mol. The molecule has 0 radical (unpaired) electrons. The van der Waals surface area contributed by atoms with E-state index in [1.165, 1.54) is 0 Å². The van der Waals surface area contributed by atoms with Gasteiger partial charge in [0.05, 0.1) is 6.04 Å². The molecule has 134 valence electrons. The Bertz CT molecular complexity index is 783. The number of rotatable bonds is 3. The number of carbonyl (C=O) groups is 1. The number of hydrazone groups is 1. The van der Waals surface area contributed by atoms with E-state index in [1.54, 1.807) is 17.4 Å². The molecule has 2 aromatic rings. The summed E-state index contributed by atoms with van der Waals surface area (Å²) in [6.07, 6.45) is 9.51. The van der Waals surface area contributed by atoms with Crippen molar-refractivity contribution in [1.82, 2.24) is 20.0 Å². The van der Waals surface area contributed by atoms with Gasteiger partial charge in [0.2, 0.25) is 11.9 Å². The van der Waals surface area contributed by atoms with Crippen LogP contribution in [0.25, 0.3) is 0 Å². The Balaban J connectivity index is 1.41. The number of aryl methyl sites for hydroxylation is 1. The first-order valence-electron chi connectivity index (χ1n) is 9.02. The van der Waals surface area contributed by atoms with Gasteiger partial charge in [0, 0.05) is 55.9 Å². The van der Waals surface area contributed by atoms with Crippen LogP contribution in [0.15, 0.2) is 41.9 Å². The lowest BCUT2D eigenvalue weighted by molar-refractivity contribution is -0.138. The second-order valence-electron chi connectivity index (χ2n) is 6.78. The number of amides is 1. The van der Waals surface area contributed by atoms with Crippen LogP contribution >= 0.6 is 0 Å². The Morgan fingerprint density at radius 1 is 1.12 bits per heavy atom. The maximum absolute atomic E-state index is 13.0. The third-order valence-corrected chi connectivity index (χ3v) is 5.05. The fraction of sp³-hybridized carbons (Fsp3) is 0.421. The molecule has 7 heteroatoms. The molecule has 4 rings (SSSR count). The van der Waals surface area contributed by atoms with Crippen LogP contribution in [0.4, 0.5) is 5.95 Å². The minimum Gasteiger partial charge on any atom is -0.341 e. The topological polar surface area (TPSA) is 74.6 Å². The SMILES string of the molecule is Cc1ccc(C2CC=NN2C(=O)C2CCN(c3ncccn3)CC2)cn1. The fourth-order valence-corrected chi connectivity index (χ4v) is 3.55. The highest BCUT2D eigenvalue weighted by Gasteiger charge is 2.35. The molecule has 4 heterocycles. The minimum absolute atomic E-state index is 0.00822. The molecule has 0 aromatic carbocycles. The predicted octanol–water partition coefficient (Wildman–Crippen LogP) is 2.36. The summed E-state index contributed by atoms with van der Waals surface area (Å²) >= 11 is 0. The normalized spacial score (nSPS) is 20.6. The lowest BCUT2D eigenvalue weighted by Gasteiger charge is -2.33. The smallest absolute Gasteiger partial charge is 0.246 e. The molecule has 0 N–H and O–H groups in total. The first-order chi connectivity index (χ1) is 12.7. The summed E-state index contributed by atoms with van der Waals surface area (Å²) in [7, 11) is 0. The molecular formula is C19H22N6O. The van der Waals surface area contributed by atoms with Gasteiger partial charge in [-0.2, -0.15) is 5.10 Å². The summed E-state index contributed by atoms with van der Waals surface area (Å²) in [5.74, 6) is 0.838. The van der Waals surface area contributed by atoms with Crippen molar-refractivity contribution in [3.05, 3.63) is 48.0 Å². The fourth-order valence-electron chi connectivity index (χ4n) is 3.55. The maximum Gasteiger partial charge on any atom is 0.246 e. The summed E-state index contributed by atoms with van der Waals surface area (Å²) < 4.78 is 0. The van der Waals surface area contributed by atoms with Gasteiger partial charge in [0.15, 0.2) is 0 Å². The van der Waals surface area contributed by atoms with Gasteiger partial charge in [0.25, 0.3) is 0 Å². The maximum atomic E-state index is 13.0. The van der Waals surface area contributed by atoms with Crippen molar-refractivity contribution in [3.8, 4) is 0 Å². The number of hydrogen-bond donors (Lipinski definition) is 0. The second kappa shape index (κ2) is 7.19. The van der Waals surface area contributed by atoms with Gasteiger partial charge in [-0.3, -0.25) is 9.78 Å². The highest BCUT2D eigenvalue weighted by molar-refractivity contribution is 5.82. The van der Waals surface area contributed by atoms with Gasteiger partial charge in [-0.25, -0.2) is 15.0 Å². The summed E-state index contributed by atoms with van der Waals surface area (Å²) in [5, 5.41) is 6.02. The largest absolute Gasteiger partial charge is 0.341 e. The van der Waals surface area contributed by atoms with Crippen molar-refractivity contribution < 1.29 is 4.79 Å². The number of nitrogens with zero attached hydrogens (tertiary/aromatic N) is 6. The van der Waals surface area contributed by atoms with Gasteiger partial charge >= 0.3 is 0 Å². The van der Waals surface area contributed by atoms with E-state index in [9.17, 15) is 4.79 Å². The van der Waals surface area contributed by atoms with Crippen LogP contribution in [0, 0.1) is 12.8 Å². The minimum atomic E-state index is -0.0360. The number of hydrogen-bond acceptors (Lipinski definition) is 6. The third-order valence-electron chi connectivity index (χ3n) is 5.05. The van der Waals surface area contributed by atoms with Crippen LogP contribution in [0.3, 0.4) is 0 Å². The number of carbonyl (C=O) groups excluding carboxylic acids is 1. The molecule has 1 fully saturated rings. The van der Waals surface area contributed by atoms with E-state index in [0.717, 1.165) is 49.6 Å². The van der Waals surface area contributed by atoms with Crippen molar-refractivity contribution in [3.63, 3.8) is 0 Å². The van der Waals surface area contributed by atoms with Crippen LogP contribution in [0.5, 0.6) is 0 Å². The number of piperidine rings is 1. The molecule has 2 aliphatic rings. The van der Waals surface area contributed by atoms with E-state index in [1.807, 2.05) is 37.5 Å². The van der Waals surface area contributed by atoms with E-state index in [0.29, 0.717) is 0 Å². The zero-order valence-electron chi connectivity index (χ0n) is 14.8. The van der Waals surface area contributed by atoms with E-state index in [4.69, 9.17) is 0 Å². The zero-order chi connectivity index (χ0) is 17.9. The van der Waals surface area contributed by atoms with E-state index in [-0.39, 0.29) is 17.9 Å². The molecule has 0 saturated carbocycles. The number of pyridine rings is 1. The molecule has 2 aliphatic heterocycles. The quantitative estimate of drug-likeness (QED) is 0.849. The summed E-state index contributed by atoms with van der Waals surface area (Å²) in [6, 6.07) is 5.79. The Morgan fingerprint density at radius 3 is 2.58 bits per heavy atom. The third kappa shape index (κ3) is 3.29. The first kappa shape index (κ1) is 16.6. The van der Waals surface area contributed by atoms with Crippen molar-refractivity contribution >= 4 is 18.1 Å². The average Bonchev–Trinajstić information content (AvgIpc) is 3.19. The Labute approximate surface area is 152 Å². The summed E-state index contributed by atoms with van der Waals surface area (Å²) in [5.41, 5.74) is 2.01. The lowest BCUT2D eigenvalue weighted by Crippen LogP contribution is -2.41. The van der Waals surface area contributed by atoms with Crippen LogP contribution in [0.1, 0.15) is 36.6 Å². The molecule has 1 unspecified atom stereocenters. The molecule has 1 atom stereocenters. The van der Waals surface area contributed by atoms with Crippen molar-refractivity contribution in [2.45, 2.75) is 32.2 Å². The monoisotopic (exact) mass is 350 g/mol.